The van der Waals surface area contributed by atoms with Gasteiger partial charge in [0.05, 0.1) is 17.4 Å². The Morgan fingerprint density at radius 1 is 1.44 bits per heavy atom. The van der Waals surface area contributed by atoms with Gasteiger partial charge in [0.25, 0.3) is 0 Å². The lowest BCUT2D eigenvalue weighted by Gasteiger charge is -2.05. The van der Waals surface area contributed by atoms with Gasteiger partial charge in [-0.1, -0.05) is 13.3 Å². The van der Waals surface area contributed by atoms with Crippen molar-refractivity contribution in [2.45, 2.75) is 39.7 Å². The molecule has 5 heteroatoms. The molecule has 0 saturated carbocycles. The molecule has 2 aromatic heterocycles. The van der Waals surface area contributed by atoms with Crippen molar-refractivity contribution >= 4 is 11.3 Å². The van der Waals surface area contributed by atoms with Crippen molar-refractivity contribution in [2.24, 2.45) is 12.8 Å². The van der Waals surface area contributed by atoms with Gasteiger partial charge in [-0.3, -0.25) is 4.68 Å². The van der Waals surface area contributed by atoms with Gasteiger partial charge >= 0.3 is 0 Å². The number of thiazole rings is 1. The first-order valence-electron chi connectivity index (χ1n) is 6.26. The number of nitrogens with zero attached hydrogens (tertiary/aromatic N) is 3. The molecule has 2 heterocycles. The Morgan fingerprint density at radius 2 is 2.17 bits per heavy atom. The van der Waals surface area contributed by atoms with Gasteiger partial charge < -0.3 is 5.73 Å². The maximum absolute atomic E-state index is 6.11. The van der Waals surface area contributed by atoms with E-state index in [1.54, 1.807) is 11.3 Å². The quantitative estimate of drug-likeness (QED) is 0.923. The smallest absolute Gasteiger partial charge is 0.110 e. The van der Waals surface area contributed by atoms with Crippen molar-refractivity contribution < 1.29 is 0 Å². The second kappa shape index (κ2) is 5.20. The third kappa shape index (κ3) is 2.33. The van der Waals surface area contributed by atoms with Crippen LogP contribution in [0.5, 0.6) is 0 Å². The highest BCUT2D eigenvalue weighted by molar-refractivity contribution is 7.10. The summed E-state index contributed by atoms with van der Waals surface area (Å²) in [4.78, 5) is 4.67. The molecule has 1 atom stereocenters. The van der Waals surface area contributed by atoms with Crippen LogP contribution in [0.2, 0.25) is 0 Å². The molecular formula is C13H20N4S. The summed E-state index contributed by atoms with van der Waals surface area (Å²) >= 11 is 1.65. The maximum atomic E-state index is 6.11. The lowest BCUT2D eigenvalue weighted by molar-refractivity contribution is 0.635. The van der Waals surface area contributed by atoms with Crippen LogP contribution >= 0.6 is 11.3 Å². The molecule has 2 rings (SSSR count). The lowest BCUT2D eigenvalue weighted by Crippen LogP contribution is -2.09. The molecule has 0 aliphatic heterocycles. The zero-order valence-corrected chi connectivity index (χ0v) is 12.2. The second-order valence-electron chi connectivity index (χ2n) is 4.64. The molecule has 0 bridgehead atoms. The van der Waals surface area contributed by atoms with Gasteiger partial charge in [-0.05, 0) is 20.3 Å². The summed E-state index contributed by atoms with van der Waals surface area (Å²) in [6, 6.07) is 0.0611. The van der Waals surface area contributed by atoms with Crippen LogP contribution in [0.1, 0.15) is 42.2 Å². The predicted octanol–water partition coefficient (Wildman–Crippen LogP) is 2.96. The summed E-state index contributed by atoms with van der Waals surface area (Å²) < 4.78 is 1.90. The summed E-state index contributed by atoms with van der Waals surface area (Å²) in [5.74, 6) is 0. The molecule has 18 heavy (non-hydrogen) atoms. The van der Waals surface area contributed by atoms with E-state index in [2.05, 4.69) is 29.3 Å². The molecule has 0 aliphatic carbocycles. The zero-order valence-electron chi connectivity index (χ0n) is 11.4. The first kappa shape index (κ1) is 13.2. The van der Waals surface area contributed by atoms with Crippen LogP contribution in [-0.2, 0) is 7.05 Å². The molecule has 0 aliphatic rings. The zero-order chi connectivity index (χ0) is 13.3. The van der Waals surface area contributed by atoms with Gasteiger partial charge in [-0.15, -0.1) is 11.3 Å². The Bertz CT molecular complexity index is 541. The molecule has 0 fully saturated rings. The van der Waals surface area contributed by atoms with Gasteiger partial charge in [0.15, 0.2) is 0 Å². The molecule has 0 spiro atoms. The minimum absolute atomic E-state index is 0.0611. The third-order valence-corrected chi connectivity index (χ3v) is 4.18. The van der Waals surface area contributed by atoms with E-state index in [1.165, 1.54) is 0 Å². The highest BCUT2D eigenvalue weighted by Gasteiger charge is 2.16. The Morgan fingerprint density at radius 3 is 2.72 bits per heavy atom. The molecule has 0 saturated heterocycles. The molecular weight excluding hydrogens is 244 g/mol. The SMILES string of the molecule is CCCC(N)c1nc(-c2c(C)nn(C)c2C)cs1. The first-order valence-corrected chi connectivity index (χ1v) is 7.14. The lowest BCUT2D eigenvalue weighted by atomic mass is 10.1. The van der Waals surface area contributed by atoms with Crippen LogP contribution in [-0.4, -0.2) is 14.8 Å². The van der Waals surface area contributed by atoms with Gasteiger partial charge in [0, 0.05) is 23.7 Å². The number of aromatic nitrogens is 3. The molecule has 4 nitrogen and oxygen atoms in total. The van der Waals surface area contributed by atoms with Crippen molar-refractivity contribution in [2.75, 3.05) is 0 Å². The standard InChI is InChI=1S/C13H20N4S/c1-5-6-10(14)13-15-11(7-18-13)12-8(2)16-17(4)9(12)3/h7,10H,5-6,14H2,1-4H3. The summed E-state index contributed by atoms with van der Waals surface area (Å²) in [5, 5.41) is 7.54. The fourth-order valence-corrected chi connectivity index (χ4v) is 3.00. The van der Waals surface area contributed by atoms with E-state index in [0.717, 1.165) is 40.5 Å². The van der Waals surface area contributed by atoms with Crippen LogP contribution < -0.4 is 5.73 Å². The number of hydrogen-bond acceptors (Lipinski definition) is 4. The largest absolute Gasteiger partial charge is 0.322 e. The topological polar surface area (TPSA) is 56.7 Å². The van der Waals surface area contributed by atoms with Crippen LogP contribution in [0.3, 0.4) is 0 Å². The normalized spacial score (nSPS) is 12.9. The van der Waals surface area contributed by atoms with E-state index in [9.17, 15) is 0 Å². The number of rotatable bonds is 4. The number of aryl methyl sites for hydroxylation is 2. The van der Waals surface area contributed by atoms with E-state index >= 15 is 0 Å². The minimum Gasteiger partial charge on any atom is -0.322 e. The van der Waals surface area contributed by atoms with Crippen molar-refractivity contribution in [3.8, 4) is 11.3 Å². The molecule has 0 aromatic carbocycles. The van der Waals surface area contributed by atoms with Gasteiger partial charge in [0.2, 0.25) is 0 Å². The van der Waals surface area contributed by atoms with Gasteiger partial charge in [0.1, 0.15) is 5.01 Å². The van der Waals surface area contributed by atoms with E-state index in [0.29, 0.717) is 0 Å². The summed E-state index contributed by atoms with van der Waals surface area (Å²) in [7, 11) is 1.96. The average molecular weight is 264 g/mol. The highest BCUT2D eigenvalue weighted by Crippen LogP contribution is 2.30. The molecule has 98 valence electrons. The fraction of sp³-hybridized carbons (Fsp3) is 0.538. The fourth-order valence-electron chi connectivity index (χ4n) is 2.15. The Hall–Kier alpha value is -1.20. The van der Waals surface area contributed by atoms with E-state index in [-0.39, 0.29) is 6.04 Å². The Balaban J connectivity index is 2.35. The van der Waals surface area contributed by atoms with Crippen molar-refractivity contribution in [3.05, 3.63) is 21.8 Å². The average Bonchev–Trinajstić information content (AvgIpc) is 2.86. The first-order chi connectivity index (χ1) is 8.54. The van der Waals surface area contributed by atoms with Gasteiger partial charge in [-0.25, -0.2) is 4.98 Å². The van der Waals surface area contributed by atoms with Crippen molar-refractivity contribution in [1.29, 1.82) is 0 Å². The second-order valence-corrected chi connectivity index (χ2v) is 5.53. The number of nitrogens with two attached hydrogens (primary N) is 1. The molecule has 2 N–H and O–H groups in total. The summed E-state index contributed by atoms with van der Waals surface area (Å²) in [6.45, 7) is 6.23. The Labute approximate surface area is 112 Å². The molecule has 0 amide bonds. The molecule has 0 radical (unpaired) electrons. The third-order valence-electron chi connectivity index (χ3n) is 3.20. The molecule has 2 aromatic rings. The minimum atomic E-state index is 0.0611. The number of hydrogen-bond donors (Lipinski definition) is 1. The van der Waals surface area contributed by atoms with Gasteiger partial charge in [-0.2, -0.15) is 5.10 Å². The Kier molecular flexibility index (Phi) is 3.82. The summed E-state index contributed by atoms with van der Waals surface area (Å²) in [6.07, 6.45) is 2.07. The van der Waals surface area contributed by atoms with E-state index in [1.807, 2.05) is 18.7 Å². The summed E-state index contributed by atoms with van der Waals surface area (Å²) in [5.41, 5.74) is 10.4. The highest BCUT2D eigenvalue weighted by atomic mass is 32.1. The van der Waals surface area contributed by atoms with Crippen LogP contribution in [0.25, 0.3) is 11.3 Å². The molecule has 1 unspecified atom stereocenters. The monoisotopic (exact) mass is 264 g/mol. The van der Waals surface area contributed by atoms with Crippen LogP contribution in [0, 0.1) is 13.8 Å². The van der Waals surface area contributed by atoms with Crippen molar-refractivity contribution in [1.82, 2.24) is 14.8 Å². The predicted molar refractivity (Wildman–Crippen MR) is 75.6 cm³/mol. The van der Waals surface area contributed by atoms with Crippen LogP contribution in [0.4, 0.5) is 0 Å². The van der Waals surface area contributed by atoms with Crippen LogP contribution in [0.15, 0.2) is 5.38 Å². The van der Waals surface area contributed by atoms with E-state index in [4.69, 9.17) is 5.73 Å². The van der Waals surface area contributed by atoms with Crippen molar-refractivity contribution in [3.63, 3.8) is 0 Å². The maximum Gasteiger partial charge on any atom is 0.110 e. The van der Waals surface area contributed by atoms with E-state index < -0.39 is 0 Å².